The topological polar surface area (TPSA) is 92.8 Å². The van der Waals surface area contributed by atoms with Gasteiger partial charge >= 0.3 is 0 Å². The number of rotatable bonds is 8. The number of hydrogen-bond donors (Lipinski definition) is 1. The lowest BCUT2D eigenvalue weighted by molar-refractivity contribution is -0.117. The predicted molar refractivity (Wildman–Crippen MR) is 99.7 cm³/mol. The van der Waals surface area contributed by atoms with Crippen molar-refractivity contribution in [2.75, 3.05) is 18.1 Å². The number of anilines is 1. The number of carbonyl (C=O) groups is 1. The number of benzene rings is 1. The van der Waals surface area contributed by atoms with E-state index in [1.54, 1.807) is 42.9 Å². The third-order valence-corrected chi connectivity index (χ3v) is 5.00. The molecule has 0 fully saturated rings. The van der Waals surface area contributed by atoms with Gasteiger partial charge in [0.2, 0.25) is 5.91 Å². The van der Waals surface area contributed by atoms with Crippen LogP contribution in [0.2, 0.25) is 0 Å². The zero-order valence-corrected chi connectivity index (χ0v) is 15.6. The van der Waals surface area contributed by atoms with Crippen LogP contribution in [0.4, 0.5) is 5.69 Å². The molecule has 2 aromatic heterocycles. The molecule has 1 aromatic carbocycles. The number of hydrogen-bond acceptors (Lipinski definition) is 6. The van der Waals surface area contributed by atoms with Gasteiger partial charge in [-0.15, -0.1) is 0 Å². The molecule has 8 heteroatoms. The fourth-order valence-corrected chi connectivity index (χ4v) is 3.54. The largest absolute Gasteiger partial charge is 0.468 e. The summed E-state index contributed by atoms with van der Waals surface area (Å²) >= 11 is 0. The molecule has 0 aliphatic rings. The highest BCUT2D eigenvalue weighted by atomic mass is 32.2. The summed E-state index contributed by atoms with van der Waals surface area (Å²) in [6, 6.07) is 13.5. The van der Waals surface area contributed by atoms with Gasteiger partial charge in [0.15, 0.2) is 9.84 Å². The number of nitrogens with zero attached hydrogens (tertiary/aromatic N) is 1. The van der Waals surface area contributed by atoms with Crippen LogP contribution in [0.25, 0.3) is 0 Å². The minimum Gasteiger partial charge on any atom is -0.468 e. The molecule has 1 N–H and O–H groups in total. The van der Waals surface area contributed by atoms with Gasteiger partial charge in [-0.1, -0.05) is 12.1 Å². The molecular weight excluding hydrogens is 368 g/mol. The number of nitrogens with one attached hydrogen (secondary N) is 1. The third kappa shape index (κ3) is 5.32. The Kier molecular flexibility index (Phi) is 5.78. The molecule has 7 nitrogen and oxygen atoms in total. The number of para-hydroxylation sites is 1. The van der Waals surface area contributed by atoms with Gasteiger partial charge in [0.1, 0.15) is 11.5 Å². The molecule has 0 unspecified atom stereocenters. The Labute approximate surface area is 157 Å². The molecule has 27 heavy (non-hydrogen) atoms. The SMILES string of the molecule is CS(=O)(=O)c1ccccc1NC(=O)CN(Cc1ccco1)Cc1ccco1. The van der Waals surface area contributed by atoms with Crippen molar-refractivity contribution in [2.24, 2.45) is 0 Å². The highest BCUT2D eigenvalue weighted by molar-refractivity contribution is 7.90. The first-order valence-corrected chi connectivity index (χ1v) is 10.2. The maximum Gasteiger partial charge on any atom is 0.238 e. The Morgan fingerprint density at radius 1 is 0.963 bits per heavy atom. The fourth-order valence-electron chi connectivity index (χ4n) is 2.70. The van der Waals surface area contributed by atoms with Crippen LogP contribution in [-0.2, 0) is 27.7 Å². The van der Waals surface area contributed by atoms with Crippen LogP contribution in [0.1, 0.15) is 11.5 Å². The van der Waals surface area contributed by atoms with Crippen molar-refractivity contribution in [3.05, 3.63) is 72.6 Å². The van der Waals surface area contributed by atoms with Crippen LogP contribution in [0.3, 0.4) is 0 Å². The van der Waals surface area contributed by atoms with Gasteiger partial charge in [0.05, 0.1) is 42.7 Å². The Balaban J connectivity index is 1.72. The molecule has 0 aliphatic carbocycles. The number of amides is 1. The van der Waals surface area contributed by atoms with Crippen molar-refractivity contribution < 1.29 is 22.0 Å². The van der Waals surface area contributed by atoms with E-state index >= 15 is 0 Å². The van der Waals surface area contributed by atoms with Crippen molar-refractivity contribution in [3.63, 3.8) is 0 Å². The van der Waals surface area contributed by atoms with Crippen molar-refractivity contribution in [2.45, 2.75) is 18.0 Å². The monoisotopic (exact) mass is 388 g/mol. The third-order valence-electron chi connectivity index (χ3n) is 3.85. The Bertz CT molecular complexity index is 943. The van der Waals surface area contributed by atoms with Gasteiger partial charge in [-0.3, -0.25) is 9.69 Å². The molecule has 3 rings (SSSR count). The summed E-state index contributed by atoms with van der Waals surface area (Å²) in [7, 11) is -3.45. The van der Waals surface area contributed by atoms with Crippen LogP contribution in [0.15, 0.2) is 74.8 Å². The fraction of sp³-hybridized carbons (Fsp3) is 0.211. The molecule has 3 aromatic rings. The van der Waals surface area contributed by atoms with Gasteiger partial charge in [-0.05, 0) is 36.4 Å². The van der Waals surface area contributed by atoms with E-state index in [4.69, 9.17) is 8.83 Å². The number of carbonyl (C=O) groups excluding carboxylic acids is 1. The van der Waals surface area contributed by atoms with E-state index in [9.17, 15) is 13.2 Å². The van der Waals surface area contributed by atoms with Crippen molar-refractivity contribution in [3.8, 4) is 0 Å². The summed E-state index contributed by atoms with van der Waals surface area (Å²) < 4.78 is 34.5. The normalized spacial score (nSPS) is 11.6. The zero-order valence-electron chi connectivity index (χ0n) is 14.8. The minimum atomic E-state index is -3.45. The Hall–Kier alpha value is -2.84. The number of furan rings is 2. The Morgan fingerprint density at radius 2 is 1.56 bits per heavy atom. The maximum absolute atomic E-state index is 12.6. The summed E-state index contributed by atoms with van der Waals surface area (Å²) in [5.41, 5.74) is 0.265. The zero-order chi connectivity index (χ0) is 19.3. The van der Waals surface area contributed by atoms with E-state index in [-0.39, 0.29) is 23.0 Å². The van der Waals surface area contributed by atoms with Crippen LogP contribution < -0.4 is 5.32 Å². The van der Waals surface area contributed by atoms with Crippen molar-refractivity contribution >= 4 is 21.4 Å². The molecule has 0 bridgehead atoms. The van der Waals surface area contributed by atoms with E-state index in [1.807, 2.05) is 17.0 Å². The summed E-state index contributed by atoms with van der Waals surface area (Å²) in [5, 5.41) is 2.69. The predicted octanol–water partition coefficient (Wildman–Crippen LogP) is 2.92. The van der Waals surface area contributed by atoms with E-state index in [0.717, 1.165) is 6.26 Å². The van der Waals surface area contributed by atoms with E-state index < -0.39 is 9.84 Å². The van der Waals surface area contributed by atoms with E-state index in [0.29, 0.717) is 24.6 Å². The van der Waals surface area contributed by atoms with Gasteiger partial charge < -0.3 is 14.2 Å². The van der Waals surface area contributed by atoms with Gasteiger partial charge in [0.25, 0.3) is 0 Å². The minimum absolute atomic E-state index is 0.0412. The summed E-state index contributed by atoms with van der Waals surface area (Å²) in [4.78, 5) is 14.5. The van der Waals surface area contributed by atoms with Gasteiger partial charge in [0, 0.05) is 6.26 Å². The lowest BCUT2D eigenvalue weighted by Crippen LogP contribution is -2.32. The van der Waals surface area contributed by atoms with Gasteiger partial charge in [-0.2, -0.15) is 0 Å². The average Bonchev–Trinajstić information content (AvgIpc) is 3.28. The first-order chi connectivity index (χ1) is 12.9. The van der Waals surface area contributed by atoms with E-state index in [2.05, 4.69) is 5.32 Å². The second kappa shape index (κ2) is 8.24. The highest BCUT2D eigenvalue weighted by Crippen LogP contribution is 2.20. The molecule has 0 atom stereocenters. The second-order valence-corrected chi connectivity index (χ2v) is 8.10. The molecule has 0 saturated carbocycles. The first-order valence-electron chi connectivity index (χ1n) is 8.28. The summed E-state index contributed by atoms with van der Waals surface area (Å²) in [5.74, 6) is 1.10. The molecule has 2 heterocycles. The lowest BCUT2D eigenvalue weighted by atomic mass is 10.3. The van der Waals surface area contributed by atoms with Gasteiger partial charge in [-0.25, -0.2) is 8.42 Å². The second-order valence-electron chi connectivity index (χ2n) is 6.12. The lowest BCUT2D eigenvalue weighted by Gasteiger charge is -2.20. The molecule has 0 radical (unpaired) electrons. The molecule has 0 saturated heterocycles. The molecule has 142 valence electrons. The highest BCUT2D eigenvalue weighted by Gasteiger charge is 2.18. The quantitative estimate of drug-likeness (QED) is 0.638. The smallest absolute Gasteiger partial charge is 0.238 e. The van der Waals surface area contributed by atoms with Crippen molar-refractivity contribution in [1.29, 1.82) is 0 Å². The summed E-state index contributed by atoms with van der Waals surface area (Å²) in [6.45, 7) is 0.864. The van der Waals surface area contributed by atoms with Crippen LogP contribution in [0.5, 0.6) is 0 Å². The van der Waals surface area contributed by atoms with Crippen LogP contribution in [-0.4, -0.2) is 32.0 Å². The maximum atomic E-state index is 12.6. The van der Waals surface area contributed by atoms with Crippen molar-refractivity contribution in [1.82, 2.24) is 4.90 Å². The molecule has 0 aliphatic heterocycles. The van der Waals surface area contributed by atoms with Crippen LogP contribution in [0, 0.1) is 0 Å². The molecular formula is C19H20N2O5S. The first kappa shape index (κ1) is 18.9. The molecule has 0 spiro atoms. The summed E-state index contributed by atoms with van der Waals surface area (Å²) in [6.07, 6.45) is 4.25. The average molecular weight is 388 g/mol. The molecule has 1 amide bonds. The standard InChI is InChI=1S/C19H20N2O5S/c1-27(23,24)18-9-3-2-8-17(18)20-19(22)14-21(12-15-6-4-10-25-15)13-16-7-5-11-26-16/h2-11H,12-14H2,1H3,(H,20,22). The van der Waals surface area contributed by atoms with Crippen LogP contribution >= 0.6 is 0 Å². The number of sulfone groups is 1. The Morgan fingerprint density at radius 3 is 2.07 bits per heavy atom. The van der Waals surface area contributed by atoms with E-state index in [1.165, 1.54) is 6.07 Å².